The maximum Gasteiger partial charge on any atom is 0.434 e. The van der Waals surface area contributed by atoms with Gasteiger partial charge in [-0.15, -0.1) is 0 Å². The molecular formula is C22H28ClF3N8O. The number of hydrogen-bond donors (Lipinski definition) is 2. The van der Waals surface area contributed by atoms with Crippen LogP contribution in [0, 0.1) is 0 Å². The first-order valence-corrected chi connectivity index (χ1v) is 11.6. The van der Waals surface area contributed by atoms with Crippen molar-refractivity contribution in [2.24, 2.45) is 0 Å². The molecule has 190 valence electrons. The Balaban J connectivity index is 2.04. The molecule has 3 aromatic rings. The molecule has 4 heterocycles. The minimum Gasteiger partial charge on any atom is -0.378 e. The summed E-state index contributed by atoms with van der Waals surface area (Å²) in [5, 5.41) is 3.02. The Morgan fingerprint density at radius 2 is 1.54 bits per heavy atom. The molecule has 1 fully saturated rings. The molecule has 0 aromatic carbocycles. The second-order valence-electron chi connectivity index (χ2n) is 10.4. The number of hydrogen-bond acceptors (Lipinski definition) is 8. The molecule has 0 bridgehead atoms. The van der Waals surface area contributed by atoms with Crippen LogP contribution in [0.1, 0.15) is 52.9 Å². The van der Waals surface area contributed by atoms with Crippen molar-refractivity contribution < 1.29 is 17.9 Å². The van der Waals surface area contributed by atoms with Crippen LogP contribution >= 0.6 is 11.6 Å². The molecule has 1 aliphatic heterocycles. The average Bonchev–Trinajstić information content (AvgIpc) is 3.10. The van der Waals surface area contributed by atoms with Gasteiger partial charge in [-0.1, -0.05) is 20.8 Å². The highest BCUT2D eigenvalue weighted by Gasteiger charge is 2.41. The number of fused-ring (bicyclic) bond motifs is 1. The van der Waals surface area contributed by atoms with Crippen LogP contribution in [0.4, 0.5) is 24.9 Å². The Kier molecular flexibility index (Phi) is 6.33. The zero-order valence-electron chi connectivity index (χ0n) is 20.4. The molecule has 3 aromatic heterocycles. The summed E-state index contributed by atoms with van der Waals surface area (Å²) >= 11 is 6.09. The highest BCUT2D eigenvalue weighted by molar-refractivity contribution is 6.29. The summed E-state index contributed by atoms with van der Waals surface area (Å²) in [5.41, 5.74) is -1.96. The van der Waals surface area contributed by atoms with Crippen molar-refractivity contribution in [3.8, 4) is 11.4 Å². The van der Waals surface area contributed by atoms with E-state index in [4.69, 9.17) is 16.3 Å². The lowest BCUT2D eigenvalue weighted by molar-refractivity contribution is -0.140. The highest BCUT2D eigenvalue weighted by Crippen LogP contribution is 2.41. The summed E-state index contributed by atoms with van der Waals surface area (Å²) in [6.07, 6.45) is -4.78. The monoisotopic (exact) mass is 512 g/mol. The molecule has 0 saturated carbocycles. The lowest BCUT2D eigenvalue weighted by Crippen LogP contribution is -2.37. The number of H-pyrrole nitrogens is 1. The fourth-order valence-corrected chi connectivity index (χ4v) is 3.96. The van der Waals surface area contributed by atoms with Gasteiger partial charge in [0.25, 0.3) is 0 Å². The maximum absolute atomic E-state index is 14.4. The SMILES string of the molecule is CC(C)(C)Nc1nc(C(C)(C)C)c(-c2nc(N3CCOCC3)c3[nH]c(Cl)nc3n2)c(C(F)(F)F)n1. The van der Waals surface area contributed by atoms with E-state index in [-0.39, 0.29) is 34.0 Å². The minimum atomic E-state index is -4.78. The summed E-state index contributed by atoms with van der Waals surface area (Å²) in [5.74, 6) is 0.120. The summed E-state index contributed by atoms with van der Waals surface area (Å²) in [7, 11) is 0. The first kappa shape index (κ1) is 25.4. The molecule has 4 rings (SSSR count). The Labute approximate surface area is 205 Å². The smallest absolute Gasteiger partial charge is 0.378 e. The van der Waals surface area contributed by atoms with Crippen LogP contribution in [-0.2, 0) is 16.3 Å². The third-order valence-corrected chi connectivity index (χ3v) is 5.39. The largest absolute Gasteiger partial charge is 0.434 e. The van der Waals surface area contributed by atoms with E-state index >= 15 is 0 Å². The number of morpholine rings is 1. The van der Waals surface area contributed by atoms with E-state index in [1.54, 1.807) is 20.8 Å². The Morgan fingerprint density at radius 3 is 2.11 bits per heavy atom. The number of nitrogens with zero attached hydrogens (tertiary/aromatic N) is 6. The number of aromatic nitrogens is 6. The molecule has 13 heteroatoms. The lowest BCUT2D eigenvalue weighted by Gasteiger charge is -2.29. The molecule has 9 nitrogen and oxygen atoms in total. The van der Waals surface area contributed by atoms with Crippen LogP contribution < -0.4 is 10.2 Å². The van der Waals surface area contributed by atoms with Gasteiger partial charge in [-0.3, -0.25) is 0 Å². The number of nitrogens with one attached hydrogen (secondary N) is 2. The quantitative estimate of drug-likeness (QED) is 0.481. The number of aromatic amines is 1. The topological polar surface area (TPSA) is 105 Å². The molecule has 2 N–H and O–H groups in total. The van der Waals surface area contributed by atoms with Gasteiger partial charge in [0.05, 0.1) is 24.5 Å². The number of imidazole rings is 1. The van der Waals surface area contributed by atoms with Gasteiger partial charge in [0.15, 0.2) is 23.0 Å². The van der Waals surface area contributed by atoms with Crippen molar-refractivity contribution in [3.05, 3.63) is 16.7 Å². The van der Waals surface area contributed by atoms with Crippen LogP contribution in [0.25, 0.3) is 22.6 Å². The summed E-state index contributed by atoms with van der Waals surface area (Å²) in [6, 6.07) is 0. The van der Waals surface area contributed by atoms with Crippen molar-refractivity contribution in [2.45, 2.75) is 58.7 Å². The van der Waals surface area contributed by atoms with Crippen LogP contribution in [0.2, 0.25) is 5.28 Å². The van der Waals surface area contributed by atoms with E-state index in [2.05, 4.69) is 35.2 Å². The van der Waals surface area contributed by atoms with E-state index in [1.807, 2.05) is 25.7 Å². The van der Waals surface area contributed by atoms with E-state index in [0.717, 1.165) is 0 Å². The van der Waals surface area contributed by atoms with Crippen molar-refractivity contribution in [1.29, 1.82) is 0 Å². The number of anilines is 2. The van der Waals surface area contributed by atoms with E-state index in [9.17, 15) is 13.2 Å². The molecule has 1 aliphatic rings. The molecule has 0 radical (unpaired) electrons. The second kappa shape index (κ2) is 8.74. The van der Waals surface area contributed by atoms with Crippen LogP contribution in [-0.4, -0.2) is 61.7 Å². The van der Waals surface area contributed by atoms with Gasteiger partial charge >= 0.3 is 6.18 Å². The molecule has 0 amide bonds. The van der Waals surface area contributed by atoms with Gasteiger partial charge in [-0.05, 0) is 32.4 Å². The minimum absolute atomic E-state index is 0.0639. The van der Waals surface area contributed by atoms with Crippen LogP contribution in [0.5, 0.6) is 0 Å². The van der Waals surface area contributed by atoms with Gasteiger partial charge < -0.3 is 19.9 Å². The van der Waals surface area contributed by atoms with Gasteiger partial charge in [-0.25, -0.2) is 19.9 Å². The number of rotatable bonds is 3. The zero-order valence-corrected chi connectivity index (χ0v) is 21.2. The summed E-state index contributed by atoms with van der Waals surface area (Å²) in [6.45, 7) is 12.7. The fourth-order valence-electron chi connectivity index (χ4n) is 3.78. The maximum atomic E-state index is 14.4. The first-order chi connectivity index (χ1) is 16.1. The molecule has 0 unspecified atom stereocenters. The van der Waals surface area contributed by atoms with Crippen LogP contribution in [0.3, 0.4) is 0 Å². The lowest BCUT2D eigenvalue weighted by atomic mass is 9.87. The molecule has 1 saturated heterocycles. The van der Waals surface area contributed by atoms with Gasteiger partial charge in [0.2, 0.25) is 11.2 Å². The number of halogens is 4. The molecule has 0 spiro atoms. The molecular weight excluding hydrogens is 485 g/mol. The number of ether oxygens (including phenoxy) is 1. The Hall–Kier alpha value is -2.73. The third-order valence-electron chi connectivity index (χ3n) is 5.21. The Morgan fingerprint density at radius 1 is 0.914 bits per heavy atom. The standard InChI is InChI=1S/C22H28ClF3N8O/c1-20(2,3)13-11(14(22(24,25)26)29-19(28-13)33-21(4,5)6)15-30-16-12(27-18(23)32-16)17(31-15)34-7-9-35-10-8-34/h7-10H2,1-6H3,(H,28,29,33)(H,27,30,31,32). The van der Waals surface area contributed by atoms with Crippen molar-refractivity contribution in [1.82, 2.24) is 29.9 Å². The van der Waals surface area contributed by atoms with E-state index in [1.165, 1.54) is 0 Å². The Bertz CT molecular complexity index is 1210. The molecule has 0 aliphatic carbocycles. The average molecular weight is 513 g/mol. The zero-order chi connectivity index (χ0) is 25.8. The fraction of sp³-hybridized carbons (Fsp3) is 0.591. The predicted octanol–water partition coefficient (Wildman–Crippen LogP) is 4.83. The van der Waals surface area contributed by atoms with Crippen molar-refractivity contribution in [3.63, 3.8) is 0 Å². The van der Waals surface area contributed by atoms with Crippen molar-refractivity contribution >= 4 is 34.5 Å². The van der Waals surface area contributed by atoms with Gasteiger partial charge in [-0.2, -0.15) is 18.2 Å². The molecule has 35 heavy (non-hydrogen) atoms. The van der Waals surface area contributed by atoms with E-state index < -0.39 is 22.8 Å². The first-order valence-electron chi connectivity index (χ1n) is 11.2. The van der Waals surface area contributed by atoms with Crippen LogP contribution in [0.15, 0.2) is 0 Å². The summed E-state index contributed by atoms with van der Waals surface area (Å²) < 4.78 is 48.8. The van der Waals surface area contributed by atoms with Crippen molar-refractivity contribution in [2.75, 3.05) is 36.5 Å². The predicted molar refractivity (Wildman–Crippen MR) is 128 cm³/mol. The highest BCUT2D eigenvalue weighted by atomic mass is 35.5. The second-order valence-corrected chi connectivity index (χ2v) is 10.8. The number of alkyl halides is 3. The van der Waals surface area contributed by atoms with E-state index in [0.29, 0.717) is 37.6 Å². The summed E-state index contributed by atoms with van der Waals surface area (Å²) in [4.78, 5) is 26.4. The normalized spacial score (nSPS) is 15.7. The van der Waals surface area contributed by atoms with Gasteiger partial charge in [0, 0.05) is 24.0 Å². The molecule has 0 atom stereocenters. The third kappa shape index (κ3) is 5.43. The van der Waals surface area contributed by atoms with Gasteiger partial charge in [0.1, 0.15) is 5.52 Å².